The SMILES string of the molecule is O=S(=O)(NCCCc1ccccc1)c1ccc(F)cc1. The molecular weight excluding hydrogens is 277 g/mol. The molecule has 0 aliphatic carbocycles. The largest absolute Gasteiger partial charge is 0.240 e. The quantitative estimate of drug-likeness (QED) is 0.832. The maximum absolute atomic E-state index is 12.8. The highest BCUT2D eigenvalue weighted by molar-refractivity contribution is 7.89. The minimum absolute atomic E-state index is 0.0820. The zero-order chi connectivity index (χ0) is 14.4. The second-order valence-electron chi connectivity index (χ2n) is 4.44. The smallest absolute Gasteiger partial charge is 0.211 e. The van der Waals surface area contributed by atoms with Crippen molar-refractivity contribution in [1.29, 1.82) is 0 Å². The average Bonchev–Trinajstić information content (AvgIpc) is 2.45. The Labute approximate surface area is 118 Å². The monoisotopic (exact) mass is 293 g/mol. The van der Waals surface area contributed by atoms with Crippen LogP contribution < -0.4 is 4.72 Å². The second kappa shape index (κ2) is 6.63. The number of rotatable bonds is 6. The molecule has 0 saturated heterocycles. The van der Waals surface area contributed by atoms with Crippen molar-refractivity contribution >= 4 is 10.0 Å². The molecule has 2 rings (SSSR count). The lowest BCUT2D eigenvalue weighted by molar-refractivity contribution is 0.578. The molecule has 3 nitrogen and oxygen atoms in total. The summed E-state index contributed by atoms with van der Waals surface area (Å²) >= 11 is 0. The predicted octanol–water partition coefficient (Wildman–Crippen LogP) is 2.74. The molecule has 0 atom stereocenters. The van der Waals surface area contributed by atoms with Crippen molar-refractivity contribution in [3.05, 3.63) is 66.0 Å². The molecule has 0 saturated carbocycles. The van der Waals surface area contributed by atoms with Gasteiger partial charge in [0, 0.05) is 6.54 Å². The summed E-state index contributed by atoms with van der Waals surface area (Å²) in [6, 6.07) is 14.7. The van der Waals surface area contributed by atoms with Gasteiger partial charge in [0.2, 0.25) is 10.0 Å². The first-order chi connectivity index (χ1) is 9.58. The highest BCUT2D eigenvalue weighted by atomic mass is 32.2. The Morgan fingerprint density at radius 2 is 1.60 bits per heavy atom. The van der Waals surface area contributed by atoms with E-state index in [-0.39, 0.29) is 4.90 Å². The molecule has 0 heterocycles. The van der Waals surface area contributed by atoms with Crippen LogP contribution in [0.1, 0.15) is 12.0 Å². The molecule has 0 amide bonds. The molecule has 0 fully saturated rings. The van der Waals surface area contributed by atoms with E-state index in [4.69, 9.17) is 0 Å². The summed E-state index contributed by atoms with van der Waals surface area (Å²) in [4.78, 5) is 0.0820. The average molecular weight is 293 g/mol. The number of hydrogen-bond donors (Lipinski definition) is 1. The summed E-state index contributed by atoms with van der Waals surface area (Å²) in [7, 11) is -3.55. The Hall–Kier alpha value is -1.72. The van der Waals surface area contributed by atoms with Gasteiger partial charge in [-0.15, -0.1) is 0 Å². The van der Waals surface area contributed by atoms with Crippen LogP contribution in [0.3, 0.4) is 0 Å². The van der Waals surface area contributed by atoms with E-state index in [0.29, 0.717) is 13.0 Å². The van der Waals surface area contributed by atoms with Crippen molar-refractivity contribution in [2.75, 3.05) is 6.54 Å². The molecule has 0 unspecified atom stereocenters. The molecule has 5 heteroatoms. The Morgan fingerprint density at radius 1 is 0.950 bits per heavy atom. The maximum atomic E-state index is 12.8. The highest BCUT2D eigenvalue weighted by Crippen LogP contribution is 2.09. The van der Waals surface area contributed by atoms with Gasteiger partial charge in [-0.25, -0.2) is 17.5 Å². The third-order valence-electron chi connectivity index (χ3n) is 2.90. The molecule has 0 spiro atoms. The lowest BCUT2D eigenvalue weighted by Crippen LogP contribution is -2.25. The lowest BCUT2D eigenvalue weighted by atomic mass is 10.1. The first-order valence-corrected chi connectivity index (χ1v) is 7.85. The van der Waals surface area contributed by atoms with Crippen LogP contribution in [0.4, 0.5) is 4.39 Å². The zero-order valence-electron chi connectivity index (χ0n) is 10.9. The Morgan fingerprint density at radius 3 is 2.25 bits per heavy atom. The standard InChI is InChI=1S/C15H16FNO2S/c16-14-8-10-15(11-9-14)20(18,19)17-12-4-7-13-5-2-1-3-6-13/h1-3,5-6,8-11,17H,4,7,12H2. The van der Waals surface area contributed by atoms with Crippen molar-refractivity contribution in [1.82, 2.24) is 4.72 Å². The van der Waals surface area contributed by atoms with Crippen molar-refractivity contribution in [2.45, 2.75) is 17.7 Å². The van der Waals surface area contributed by atoms with Gasteiger partial charge in [0.25, 0.3) is 0 Å². The van der Waals surface area contributed by atoms with Gasteiger partial charge in [-0.1, -0.05) is 30.3 Å². The lowest BCUT2D eigenvalue weighted by Gasteiger charge is -2.06. The number of benzene rings is 2. The summed E-state index contributed by atoms with van der Waals surface area (Å²) in [5.74, 6) is -0.451. The molecule has 0 aliphatic heterocycles. The zero-order valence-corrected chi connectivity index (χ0v) is 11.7. The van der Waals surface area contributed by atoms with Crippen molar-refractivity contribution in [2.24, 2.45) is 0 Å². The van der Waals surface area contributed by atoms with Crippen LogP contribution in [-0.4, -0.2) is 15.0 Å². The number of sulfonamides is 1. The summed E-state index contributed by atoms with van der Waals surface area (Å²) in [6.45, 7) is 0.356. The first-order valence-electron chi connectivity index (χ1n) is 6.37. The molecule has 1 N–H and O–H groups in total. The van der Waals surface area contributed by atoms with Crippen molar-refractivity contribution in [3.63, 3.8) is 0 Å². The molecule has 0 aromatic heterocycles. The molecule has 0 radical (unpaired) electrons. The Bertz CT molecular complexity index is 639. The second-order valence-corrected chi connectivity index (χ2v) is 6.21. The van der Waals surface area contributed by atoms with Crippen molar-refractivity contribution in [3.8, 4) is 0 Å². The van der Waals surface area contributed by atoms with Gasteiger partial charge in [-0.3, -0.25) is 0 Å². The van der Waals surface area contributed by atoms with E-state index in [1.165, 1.54) is 17.7 Å². The number of halogens is 1. The fraction of sp³-hybridized carbons (Fsp3) is 0.200. The molecule has 0 bridgehead atoms. The van der Waals surface area contributed by atoms with Gasteiger partial charge in [0.1, 0.15) is 5.82 Å². The van der Waals surface area contributed by atoms with Crippen LogP contribution >= 0.6 is 0 Å². The Balaban J connectivity index is 1.85. The summed E-state index contributed by atoms with van der Waals surface area (Å²) < 4.78 is 39.1. The van der Waals surface area contributed by atoms with E-state index < -0.39 is 15.8 Å². The van der Waals surface area contributed by atoms with Gasteiger partial charge in [0.15, 0.2) is 0 Å². The van der Waals surface area contributed by atoms with E-state index >= 15 is 0 Å². The van der Waals surface area contributed by atoms with Gasteiger partial charge in [-0.05, 0) is 42.7 Å². The fourth-order valence-electron chi connectivity index (χ4n) is 1.84. The molecule has 2 aromatic rings. The summed E-state index contributed by atoms with van der Waals surface area (Å²) in [5, 5.41) is 0. The van der Waals surface area contributed by atoms with E-state index in [1.807, 2.05) is 30.3 Å². The van der Waals surface area contributed by atoms with Crippen LogP contribution in [0.25, 0.3) is 0 Å². The number of aryl methyl sites for hydroxylation is 1. The normalized spacial score (nSPS) is 11.4. The van der Waals surface area contributed by atoms with E-state index in [9.17, 15) is 12.8 Å². The van der Waals surface area contributed by atoms with Crippen LogP contribution in [0.15, 0.2) is 59.5 Å². The summed E-state index contributed by atoms with van der Waals surface area (Å²) in [6.07, 6.45) is 1.53. The van der Waals surface area contributed by atoms with Gasteiger partial charge < -0.3 is 0 Å². The molecule has 20 heavy (non-hydrogen) atoms. The van der Waals surface area contributed by atoms with Crippen LogP contribution in [0.2, 0.25) is 0 Å². The molecule has 106 valence electrons. The van der Waals surface area contributed by atoms with E-state index in [0.717, 1.165) is 18.6 Å². The van der Waals surface area contributed by atoms with Crippen LogP contribution in [-0.2, 0) is 16.4 Å². The number of nitrogens with one attached hydrogen (secondary N) is 1. The summed E-state index contributed by atoms with van der Waals surface area (Å²) in [5.41, 5.74) is 1.17. The van der Waals surface area contributed by atoms with E-state index in [1.54, 1.807) is 0 Å². The fourth-order valence-corrected chi connectivity index (χ4v) is 2.91. The first kappa shape index (κ1) is 14.7. The molecule has 0 aliphatic rings. The number of hydrogen-bond acceptors (Lipinski definition) is 2. The van der Waals surface area contributed by atoms with Gasteiger partial charge in [0.05, 0.1) is 4.90 Å². The van der Waals surface area contributed by atoms with Crippen LogP contribution in [0.5, 0.6) is 0 Å². The van der Waals surface area contributed by atoms with Gasteiger partial charge in [-0.2, -0.15) is 0 Å². The Kier molecular flexibility index (Phi) is 4.87. The minimum Gasteiger partial charge on any atom is -0.211 e. The molecular formula is C15H16FNO2S. The minimum atomic E-state index is -3.55. The van der Waals surface area contributed by atoms with Crippen molar-refractivity contribution < 1.29 is 12.8 Å². The predicted molar refractivity (Wildman–Crippen MR) is 76.4 cm³/mol. The maximum Gasteiger partial charge on any atom is 0.240 e. The highest BCUT2D eigenvalue weighted by Gasteiger charge is 2.12. The van der Waals surface area contributed by atoms with Crippen LogP contribution in [0, 0.1) is 5.82 Å². The van der Waals surface area contributed by atoms with Gasteiger partial charge >= 0.3 is 0 Å². The molecule has 2 aromatic carbocycles. The third-order valence-corrected chi connectivity index (χ3v) is 4.38. The third kappa shape index (κ3) is 4.15. The topological polar surface area (TPSA) is 46.2 Å². The van der Waals surface area contributed by atoms with E-state index in [2.05, 4.69) is 4.72 Å².